The first-order valence-electron chi connectivity index (χ1n) is 4.32. The van der Waals surface area contributed by atoms with Crippen LogP contribution in [0, 0.1) is 5.92 Å². The first kappa shape index (κ1) is 9.04. The molecule has 2 heteroatoms. The largest absolute Gasteiger partial charge is 0.339 e. The van der Waals surface area contributed by atoms with Gasteiger partial charge >= 0.3 is 0 Å². The maximum atomic E-state index is 11.1. The monoisotopic (exact) mass is 165 g/mol. The lowest BCUT2D eigenvalue weighted by Gasteiger charge is -2.29. The second-order valence-corrected chi connectivity index (χ2v) is 3.10. The van der Waals surface area contributed by atoms with Crippen molar-refractivity contribution in [1.29, 1.82) is 0 Å². The van der Waals surface area contributed by atoms with Crippen molar-refractivity contribution in [2.75, 3.05) is 13.1 Å². The number of likely N-dealkylation sites (tertiary alicyclic amines) is 1. The zero-order valence-corrected chi connectivity index (χ0v) is 7.33. The molecule has 0 radical (unpaired) electrons. The molecular formula is C10H15NO. The fourth-order valence-corrected chi connectivity index (χ4v) is 1.48. The maximum Gasteiger partial charge on any atom is 0.245 e. The first-order chi connectivity index (χ1) is 5.77. The minimum atomic E-state index is 0.0533. The second kappa shape index (κ2) is 4.10. The normalized spacial score (nSPS) is 18.8. The molecule has 0 aromatic carbocycles. The molecule has 0 unspecified atom stereocenters. The van der Waals surface area contributed by atoms with E-state index in [9.17, 15) is 4.79 Å². The summed E-state index contributed by atoms with van der Waals surface area (Å²) in [5.41, 5.74) is 0. The van der Waals surface area contributed by atoms with Crippen LogP contribution in [-0.4, -0.2) is 23.9 Å². The van der Waals surface area contributed by atoms with Crippen LogP contribution in [0.5, 0.6) is 0 Å². The van der Waals surface area contributed by atoms with Gasteiger partial charge in [0, 0.05) is 13.1 Å². The molecule has 1 amide bonds. The van der Waals surface area contributed by atoms with Gasteiger partial charge < -0.3 is 4.90 Å². The van der Waals surface area contributed by atoms with Gasteiger partial charge in [-0.1, -0.05) is 12.7 Å². The third-order valence-corrected chi connectivity index (χ3v) is 2.36. The Morgan fingerprint density at radius 3 is 2.33 bits per heavy atom. The second-order valence-electron chi connectivity index (χ2n) is 3.10. The van der Waals surface area contributed by atoms with E-state index in [1.165, 1.54) is 6.08 Å². The van der Waals surface area contributed by atoms with E-state index in [4.69, 9.17) is 0 Å². The molecule has 0 spiro atoms. The molecule has 1 saturated heterocycles. The minimum absolute atomic E-state index is 0.0533. The van der Waals surface area contributed by atoms with E-state index in [-0.39, 0.29) is 5.91 Å². The highest BCUT2D eigenvalue weighted by atomic mass is 16.2. The molecule has 0 N–H and O–H groups in total. The van der Waals surface area contributed by atoms with E-state index in [1.807, 2.05) is 11.0 Å². The topological polar surface area (TPSA) is 20.3 Å². The van der Waals surface area contributed by atoms with Crippen LogP contribution in [0.25, 0.3) is 0 Å². The third kappa shape index (κ3) is 1.97. The van der Waals surface area contributed by atoms with Gasteiger partial charge in [-0.25, -0.2) is 0 Å². The van der Waals surface area contributed by atoms with Crippen LogP contribution in [-0.2, 0) is 4.79 Å². The zero-order valence-electron chi connectivity index (χ0n) is 7.33. The van der Waals surface area contributed by atoms with Gasteiger partial charge in [-0.05, 0) is 24.8 Å². The SMILES string of the molecule is C=CC(=O)N1CCC(C=C)CC1. The predicted molar refractivity (Wildman–Crippen MR) is 49.7 cm³/mol. The van der Waals surface area contributed by atoms with Gasteiger partial charge in [-0.3, -0.25) is 4.79 Å². The van der Waals surface area contributed by atoms with Crippen molar-refractivity contribution in [3.63, 3.8) is 0 Å². The highest BCUT2D eigenvalue weighted by Crippen LogP contribution is 2.17. The Bertz CT molecular complexity index is 190. The molecule has 1 aliphatic rings. The van der Waals surface area contributed by atoms with E-state index in [0.717, 1.165) is 25.9 Å². The summed E-state index contributed by atoms with van der Waals surface area (Å²) in [5, 5.41) is 0. The van der Waals surface area contributed by atoms with E-state index < -0.39 is 0 Å². The van der Waals surface area contributed by atoms with Crippen molar-refractivity contribution in [2.45, 2.75) is 12.8 Å². The van der Waals surface area contributed by atoms with Crippen LogP contribution in [0.2, 0.25) is 0 Å². The number of nitrogens with zero attached hydrogens (tertiary/aromatic N) is 1. The van der Waals surface area contributed by atoms with Gasteiger partial charge in [-0.15, -0.1) is 6.58 Å². The molecule has 0 atom stereocenters. The van der Waals surface area contributed by atoms with E-state index in [0.29, 0.717) is 5.92 Å². The molecule has 2 nitrogen and oxygen atoms in total. The average Bonchev–Trinajstić information content (AvgIpc) is 2.17. The van der Waals surface area contributed by atoms with Crippen LogP contribution in [0.1, 0.15) is 12.8 Å². The summed E-state index contributed by atoms with van der Waals surface area (Å²) in [7, 11) is 0. The van der Waals surface area contributed by atoms with Crippen molar-refractivity contribution in [3.8, 4) is 0 Å². The molecule has 0 bridgehead atoms. The van der Waals surface area contributed by atoms with Gasteiger partial charge in [0.05, 0.1) is 0 Å². The summed E-state index contributed by atoms with van der Waals surface area (Å²) < 4.78 is 0. The number of carbonyl (C=O) groups excluding carboxylic acids is 1. The fraction of sp³-hybridized carbons (Fsp3) is 0.500. The quantitative estimate of drug-likeness (QED) is 0.449. The average molecular weight is 165 g/mol. The number of hydrogen-bond acceptors (Lipinski definition) is 1. The first-order valence-corrected chi connectivity index (χ1v) is 4.32. The standard InChI is InChI=1S/C10H15NO/c1-3-9-5-7-11(8-6-9)10(12)4-2/h3-4,9H,1-2,5-8H2. The molecule has 0 aromatic rings. The van der Waals surface area contributed by atoms with E-state index >= 15 is 0 Å². The fourth-order valence-electron chi connectivity index (χ4n) is 1.48. The van der Waals surface area contributed by atoms with Crippen molar-refractivity contribution >= 4 is 5.91 Å². The van der Waals surface area contributed by atoms with Gasteiger partial charge in [-0.2, -0.15) is 0 Å². The lowest BCUT2D eigenvalue weighted by Crippen LogP contribution is -2.36. The number of hydrogen-bond donors (Lipinski definition) is 0. The van der Waals surface area contributed by atoms with Crippen LogP contribution in [0.4, 0.5) is 0 Å². The number of amides is 1. The smallest absolute Gasteiger partial charge is 0.245 e. The molecule has 1 aliphatic heterocycles. The number of allylic oxidation sites excluding steroid dienone is 1. The Balaban J connectivity index is 2.40. The number of rotatable bonds is 2. The predicted octanol–water partition coefficient (Wildman–Crippen LogP) is 1.60. The molecule has 12 heavy (non-hydrogen) atoms. The van der Waals surface area contributed by atoms with Crippen molar-refractivity contribution in [3.05, 3.63) is 25.3 Å². The van der Waals surface area contributed by atoms with Crippen LogP contribution in [0.15, 0.2) is 25.3 Å². The molecule has 1 rings (SSSR count). The lowest BCUT2D eigenvalue weighted by atomic mass is 9.97. The molecular weight excluding hydrogens is 150 g/mol. The zero-order chi connectivity index (χ0) is 8.97. The van der Waals surface area contributed by atoms with Gasteiger partial charge in [0.1, 0.15) is 0 Å². The Morgan fingerprint density at radius 1 is 1.33 bits per heavy atom. The third-order valence-electron chi connectivity index (χ3n) is 2.36. The van der Waals surface area contributed by atoms with Crippen LogP contribution >= 0.6 is 0 Å². The Hall–Kier alpha value is -1.05. The van der Waals surface area contributed by atoms with Crippen molar-refractivity contribution < 1.29 is 4.79 Å². The Morgan fingerprint density at radius 2 is 1.92 bits per heavy atom. The van der Waals surface area contributed by atoms with E-state index in [1.54, 1.807) is 0 Å². The summed E-state index contributed by atoms with van der Waals surface area (Å²) in [6.45, 7) is 8.91. The number of carbonyl (C=O) groups is 1. The molecule has 1 fully saturated rings. The molecule has 0 aromatic heterocycles. The number of piperidine rings is 1. The highest BCUT2D eigenvalue weighted by molar-refractivity contribution is 5.87. The van der Waals surface area contributed by atoms with Crippen LogP contribution in [0.3, 0.4) is 0 Å². The summed E-state index contributed by atoms with van der Waals surface area (Å²) in [5.74, 6) is 0.649. The van der Waals surface area contributed by atoms with E-state index in [2.05, 4.69) is 13.2 Å². The maximum absolute atomic E-state index is 11.1. The Kier molecular flexibility index (Phi) is 3.09. The molecule has 66 valence electrons. The molecule has 0 aliphatic carbocycles. The molecule has 1 heterocycles. The van der Waals surface area contributed by atoms with Gasteiger partial charge in [0.15, 0.2) is 0 Å². The lowest BCUT2D eigenvalue weighted by molar-refractivity contribution is -0.127. The van der Waals surface area contributed by atoms with Gasteiger partial charge in [0.25, 0.3) is 0 Å². The Labute approximate surface area is 73.6 Å². The minimum Gasteiger partial charge on any atom is -0.339 e. The molecule has 0 saturated carbocycles. The highest BCUT2D eigenvalue weighted by Gasteiger charge is 2.18. The summed E-state index contributed by atoms with van der Waals surface area (Å²) in [6, 6.07) is 0. The summed E-state index contributed by atoms with van der Waals surface area (Å²) in [6.07, 6.45) is 5.45. The summed E-state index contributed by atoms with van der Waals surface area (Å²) in [4.78, 5) is 13.0. The van der Waals surface area contributed by atoms with Crippen LogP contribution < -0.4 is 0 Å². The van der Waals surface area contributed by atoms with Gasteiger partial charge in [0.2, 0.25) is 5.91 Å². The van der Waals surface area contributed by atoms with Crippen molar-refractivity contribution in [1.82, 2.24) is 4.90 Å². The van der Waals surface area contributed by atoms with Crippen molar-refractivity contribution in [2.24, 2.45) is 5.92 Å². The summed E-state index contributed by atoms with van der Waals surface area (Å²) >= 11 is 0.